The van der Waals surface area contributed by atoms with E-state index in [1.807, 2.05) is 24.0 Å². The van der Waals surface area contributed by atoms with Gasteiger partial charge in [0.15, 0.2) is 0 Å². The van der Waals surface area contributed by atoms with E-state index in [0.29, 0.717) is 13.1 Å². The quantitative estimate of drug-likeness (QED) is 0.896. The van der Waals surface area contributed by atoms with Crippen LogP contribution in [-0.2, 0) is 0 Å². The Morgan fingerprint density at radius 2 is 1.67 bits per heavy atom. The van der Waals surface area contributed by atoms with Crippen molar-refractivity contribution in [1.29, 1.82) is 0 Å². The van der Waals surface area contributed by atoms with Gasteiger partial charge in [0.05, 0.1) is 11.4 Å². The van der Waals surface area contributed by atoms with E-state index in [2.05, 4.69) is 30.1 Å². The van der Waals surface area contributed by atoms with Crippen molar-refractivity contribution in [2.75, 3.05) is 54.4 Å². The minimum atomic E-state index is -0.0811. The fourth-order valence-electron chi connectivity index (χ4n) is 3.56. The number of amides is 2. The van der Waals surface area contributed by atoms with Crippen molar-refractivity contribution in [3.8, 4) is 0 Å². The van der Waals surface area contributed by atoms with Crippen LogP contribution in [-0.4, -0.2) is 65.2 Å². The molecule has 2 saturated heterocycles. The molecule has 8 nitrogen and oxygen atoms in total. The molecule has 8 heteroatoms. The Morgan fingerprint density at radius 3 is 2.33 bits per heavy atom. The van der Waals surface area contributed by atoms with Gasteiger partial charge in [0.2, 0.25) is 5.95 Å². The smallest absolute Gasteiger partial charge is 0.322 e. The van der Waals surface area contributed by atoms with Crippen LogP contribution in [0, 0.1) is 6.92 Å². The van der Waals surface area contributed by atoms with Crippen LogP contribution in [0.15, 0.2) is 30.6 Å². The number of aromatic nitrogens is 3. The first-order valence-corrected chi connectivity index (χ1v) is 9.51. The predicted octanol–water partition coefficient (Wildman–Crippen LogP) is 2.13. The van der Waals surface area contributed by atoms with Crippen molar-refractivity contribution >= 4 is 23.5 Å². The Balaban J connectivity index is 1.34. The largest absolute Gasteiger partial charge is 0.357 e. The summed E-state index contributed by atoms with van der Waals surface area (Å²) in [4.78, 5) is 32.1. The average molecular weight is 367 g/mol. The zero-order chi connectivity index (χ0) is 18.6. The first-order chi connectivity index (χ1) is 13.2. The number of hydrogen-bond donors (Lipinski definition) is 1. The first-order valence-electron chi connectivity index (χ1n) is 9.51. The SMILES string of the molecule is Cc1nc(N2CCCC2)ccc1NC(=O)N1CCN(c2ncccn2)CC1. The number of nitrogens with zero attached hydrogens (tertiary/aromatic N) is 6. The number of rotatable bonds is 3. The van der Waals surface area contributed by atoms with E-state index >= 15 is 0 Å². The molecule has 0 radical (unpaired) electrons. The maximum Gasteiger partial charge on any atom is 0.322 e. The summed E-state index contributed by atoms with van der Waals surface area (Å²) in [5, 5.41) is 3.01. The monoisotopic (exact) mass is 367 g/mol. The molecule has 0 aromatic carbocycles. The molecular formula is C19H25N7O. The van der Waals surface area contributed by atoms with Gasteiger partial charge in [-0.2, -0.15) is 0 Å². The molecule has 2 fully saturated rings. The van der Waals surface area contributed by atoms with Crippen LogP contribution in [0.25, 0.3) is 0 Å². The molecule has 2 aliphatic rings. The average Bonchev–Trinajstić information content (AvgIpc) is 3.25. The molecule has 1 N–H and O–H groups in total. The zero-order valence-corrected chi connectivity index (χ0v) is 15.6. The molecule has 142 valence electrons. The zero-order valence-electron chi connectivity index (χ0n) is 15.6. The molecule has 0 atom stereocenters. The molecule has 2 aliphatic heterocycles. The van der Waals surface area contributed by atoms with Crippen LogP contribution >= 0.6 is 0 Å². The van der Waals surface area contributed by atoms with E-state index in [9.17, 15) is 4.79 Å². The molecule has 2 aromatic heterocycles. The van der Waals surface area contributed by atoms with Crippen LogP contribution in [0.2, 0.25) is 0 Å². The number of piperazine rings is 1. The standard InChI is InChI=1S/C19H25N7O/c1-15-16(5-6-17(22-15)24-9-2-3-10-24)23-19(27)26-13-11-25(12-14-26)18-20-7-4-8-21-18/h4-8H,2-3,9-14H2,1H3,(H,23,27). The van der Waals surface area contributed by atoms with Crippen LogP contribution in [0.4, 0.5) is 22.2 Å². The summed E-state index contributed by atoms with van der Waals surface area (Å²) in [5.74, 6) is 1.72. The summed E-state index contributed by atoms with van der Waals surface area (Å²) < 4.78 is 0. The van der Waals surface area contributed by atoms with Gasteiger partial charge in [0.1, 0.15) is 5.82 Å². The number of pyridine rings is 1. The third-order valence-electron chi connectivity index (χ3n) is 5.14. The van der Waals surface area contributed by atoms with Gasteiger partial charge < -0.3 is 20.0 Å². The molecule has 0 saturated carbocycles. The molecular weight excluding hydrogens is 342 g/mol. The molecule has 2 aromatic rings. The van der Waals surface area contributed by atoms with Crippen molar-refractivity contribution in [1.82, 2.24) is 19.9 Å². The molecule has 2 amide bonds. The van der Waals surface area contributed by atoms with Crippen LogP contribution in [0.1, 0.15) is 18.5 Å². The second-order valence-corrected chi connectivity index (χ2v) is 6.95. The van der Waals surface area contributed by atoms with Crippen molar-refractivity contribution < 1.29 is 4.79 Å². The normalized spacial score (nSPS) is 17.3. The van der Waals surface area contributed by atoms with Gasteiger partial charge in [-0.05, 0) is 38.0 Å². The summed E-state index contributed by atoms with van der Waals surface area (Å²) in [6.07, 6.45) is 5.92. The highest BCUT2D eigenvalue weighted by Gasteiger charge is 2.23. The molecule has 27 heavy (non-hydrogen) atoms. The highest BCUT2D eigenvalue weighted by molar-refractivity contribution is 5.90. The minimum absolute atomic E-state index is 0.0811. The number of carbonyl (C=O) groups excluding carboxylic acids is 1. The van der Waals surface area contributed by atoms with Crippen molar-refractivity contribution in [2.45, 2.75) is 19.8 Å². The summed E-state index contributed by atoms with van der Waals surface area (Å²) in [6, 6.07) is 5.68. The fourth-order valence-corrected chi connectivity index (χ4v) is 3.56. The Bertz CT molecular complexity index is 784. The first kappa shape index (κ1) is 17.5. The minimum Gasteiger partial charge on any atom is -0.357 e. The van der Waals surface area contributed by atoms with Gasteiger partial charge in [-0.15, -0.1) is 0 Å². The van der Waals surface area contributed by atoms with E-state index in [4.69, 9.17) is 0 Å². The third kappa shape index (κ3) is 3.94. The van der Waals surface area contributed by atoms with Crippen LogP contribution in [0.5, 0.6) is 0 Å². The highest BCUT2D eigenvalue weighted by atomic mass is 16.2. The van der Waals surface area contributed by atoms with Gasteiger partial charge >= 0.3 is 6.03 Å². The van der Waals surface area contributed by atoms with Crippen molar-refractivity contribution in [2.24, 2.45) is 0 Å². The molecule has 4 rings (SSSR count). The summed E-state index contributed by atoms with van der Waals surface area (Å²) >= 11 is 0. The molecule has 0 bridgehead atoms. The number of nitrogens with one attached hydrogen (secondary N) is 1. The Hall–Kier alpha value is -2.90. The number of carbonyl (C=O) groups is 1. The van der Waals surface area contributed by atoms with Crippen LogP contribution < -0.4 is 15.1 Å². The van der Waals surface area contributed by atoms with E-state index < -0.39 is 0 Å². The summed E-state index contributed by atoms with van der Waals surface area (Å²) in [7, 11) is 0. The third-order valence-corrected chi connectivity index (χ3v) is 5.14. The second-order valence-electron chi connectivity index (χ2n) is 6.95. The molecule has 0 spiro atoms. The number of urea groups is 1. The lowest BCUT2D eigenvalue weighted by Gasteiger charge is -2.34. The number of aryl methyl sites for hydroxylation is 1. The number of hydrogen-bond acceptors (Lipinski definition) is 6. The lowest BCUT2D eigenvalue weighted by Crippen LogP contribution is -2.50. The topological polar surface area (TPSA) is 77.5 Å². The number of anilines is 3. The van der Waals surface area contributed by atoms with E-state index in [-0.39, 0.29) is 6.03 Å². The van der Waals surface area contributed by atoms with Crippen LogP contribution in [0.3, 0.4) is 0 Å². The summed E-state index contributed by atoms with van der Waals surface area (Å²) in [5.41, 5.74) is 1.63. The lowest BCUT2D eigenvalue weighted by atomic mass is 10.3. The maximum absolute atomic E-state index is 12.6. The van der Waals surface area contributed by atoms with E-state index in [0.717, 1.165) is 49.3 Å². The molecule has 4 heterocycles. The van der Waals surface area contributed by atoms with Gasteiger partial charge in [-0.3, -0.25) is 0 Å². The highest BCUT2D eigenvalue weighted by Crippen LogP contribution is 2.22. The maximum atomic E-state index is 12.6. The van der Waals surface area contributed by atoms with E-state index in [1.165, 1.54) is 12.8 Å². The van der Waals surface area contributed by atoms with Crippen molar-refractivity contribution in [3.05, 3.63) is 36.3 Å². The van der Waals surface area contributed by atoms with E-state index in [1.54, 1.807) is 18.5 Å². The molecule has 0 aliphatic carbocycles. The summed E-state index contributed by atoms with van der Waals surface area (Å²) in [6.45, 7) is 6.80. The second kappa shape index (κ2) is 7.77. The van der Waals surface area contributed by atoms with Gasteiger partial charge in [-0.1, -0.05) is 0 Å². The Morgan fingerprint density at radius 1 is 0.963 bits per heavy atom. The van der Waals surface area contributed by atoms with Gasteiger partial charge in [0, 0.05) is 51.7 Å². The predicted molar refractivity (Wildman–Crippen MR) is 105 cm³/mol. The van der Waals surface area contributed by atoms with Gasteiger partial charge in [0.25, 0.3) is 0 Å². The Labute approximate surface area is 159 Å². The fraction of sp³-hybridized carbons (Fsp3) is 0.474. The van der Waals surface area contributed by atoms with Gasteiger partial charge in [-0.25, -0.2) is 19.7 Å². The van der Waals surface area contributed by atoms with Crippen molar-refractivity contribution in [3.63, 3.8) is 0 Å². The molecule has 0 unspecified atom stereocenters. The lowest BCUT2D eigenvalue weighted by molar-refractivity contribution is 0.208. The Kier molecular flexibility index (Phi) is 5.04.